The van der Waals surface area contributed by atoms with Gasteiger partial charge in [0.15, 0.2) is 0 Å². The number of hydrogen-bond donors (Lipinski definition) is 2. The molecular formula is C14H27N3O4. The lowest BCUT2D eigenvalue weighted by Gasteiger charge is -2.24. The highest BCUT2D eigenvalue weighted by molar-refractivity contribution is 5.83. The molecule has 0 saturated heterocycles. The standard InChI is InChI=1S/C14H27N3O4/c1-5-17(6-2)12(18)10-16(4)14(21)15-9-11(3)7-8-13(19)20/h11H,5-10H2,1-4H3,(H,15,21)(H,19,20). The Morgan fingerprint density at radius 2 is 1.76 bits per heavy atom. The van der Waals surface area contributed by atoms with Crippen molar-refractivity contribution in [1.82, 2.24) is 15.1 Å². The van der Waals surface area contributed by atoms with Gasteiger partial charge < -0.3 is 20.2 Å². The van der Waals surface area contributed by atoms with Crippen LogP contribution in [0.15, 0.2) is 0 Å². The second kappa shape index (κ2) is 10.0. The van der Waals surface area contributed by atoms with Gasteiger partial charge in [0.05, 0.1) is 0 Å². The van der Waals surface area contributed by atoms with Crippen LogP contribution in [-0.4, -0.2) is 66.0 Å². The largest absolute Gasteiger partial charge is 0.481 e. The molecule has 0 aromatic rings. The minimum atomic E-state index is -0.838. The molecule has 7 nitrogen and oxygen atoms in total. The van der Waals surface area contributed by atoms with Crippen molar-refractivity contribution >= 4 is 17.9 Å². The molecule has 1 atom stereocenters. The lowest BCUT2D eigenvalue weighted by molar-refractivity contribution is -0.137. The number of carbonyl (C=O) groups excluding carboxylic acids is 2. The SMILES string of the molecule is CCN(CC)C(=O)CN(C)C(=O)NCC(C)CCC(=O)O. The number of rotatable bonds is 9. The summed E-state index contributed by atoms with van der Waals surface area (Å²) in [4.78, 5) is 37.2. The van der Waals surface area contributed by atoms with E-state index in [2.05, 4.69) is 5.32 Å². The third-order valence-electron chi connectivity index (χ3n) is 3.29. The Bertz CT molecular complexity index is 356. The van der Waals surface area contributed by atoms with Crippen LogP contribution in [0.3, 0.4) is 0 Å². The Labute approximate surface area is 126 Å². The molecule has 1 unspecified atom stereocenters. The predicted octanol–water partition coefficient (Wildman–Crippen LogP) is 0.997. The second-order valence-electron chi connectivity index (χ2n) is 5.15. The zero-order valence-corrected chi connectivity index (χ0v) is 13.4. The van der Waals surface area contributed by atoms with Gasteiger partial charge in [-0.25, -0.2) is 4.79 Å². The monoisotopic (exact) mass is 301 g/mol. The molecule has 2 N–H and O–H groups in total. The minimum Gasteiger partial charge on any atom is -0.481 e. The third kappa shape index (κ3) is 8.16. The van der Waals surface area contributed by atoms with E-state index in [4.69, 9.17) is 5.11 Å². The van der Waals surface area contributed by atoms with Gasteiger partial charge in [-0.2, -0.15) is 0 Å². The molecule has 0 heterocycles. The average Bonchev–Trinajstić information content (AvgIpc) is 2.43. The smallest absolute Gasteiger partial charge is 0.317 e. The van der Waals surface area contributed by atoms with Gasteiger partial charge in [0, 0.05) is 33.1 Å². The Morgan fingerprint density at radius 3 is 2.24 bits per heavy atom. The number of carboxylic acids is 1. The summed E-state index contributed by atoms with van der Waals surface area (Å²) in [5, 5.41) is 11.3. The van der Waals surface area contributed by atoms with Crippen molar-refractivity contribution in [2.24, 2.45) is 5.92 Å². The van der Waals surface area contributed by atoms with E-state index in [1.165, 1.54) is 4.90 Å². The Morgan fingerprint density at radius 1 is 1.19 bits per heavy atom. The van der Waals surface area contributed by atoms with Crippen LogP contribution in [0.2, 0.25) is 0 Å². The molecule has 0 saturated carbocycles. The average molecular weight is 301 g/mol. The van der Waals surface area contributed by atoms with Crippen molar-refractivity contribution in [3.05, 3.63) is 0 Å². The van der Waals surface area contributed by atoms with Crippen molar-refractivity contribution in [2.75, 3.05) is 33.2 Å². The van der Waals surface area contributed by atoms with Gasteiger partial charge in [0.25, 0.3) is 0 Å². The van der Waals surface area contributed by atoms with Gasteiger partial charge in [0.1, 0.15) is 6.54 Å². The molecule has 7 heteroatoms. The molecule has 0 aromatic carbocycles. The number of hydrogen-bond acceptors (Lipinski definition) is 3. The molecule has 0 aliphatic rings. The van der Waals surface area contributed by atoms with E-state index in [-0.39, 0.29) is 30.8 Å². The number of likely N-dealkylation sites (N-methyl/N-ethyl adjacent to an activating group) is 2. The molecule has 122 valence electrons. The summed E-state index contributed by atoms with van der Waals surface area (Å²) in [5.41, 5.74) is 0. The number of carbonyl (C=O) groups is 3. The first-order chi connectivity index (χ1) is 9.81. The highest BCUT2D eigenvalue weighted by Crippen LogP contribution is 2.04. The Hall–Kier alpha value is -1.79. The fourth-order valence-corrected chi connectivity index (χ4v) is 1.82. The molecule has 0 aliphatic heterocycles. The van der Waals surface area contributed by atoms with Crippen LogP contribution in [0.1, 0.15) is 33.6 Å². The van der Waals surface area contributed by atoms with Gasteiger partial charge in [-0.15, -0.1) is 0 Å². The maximum atomic E-state index is 11.9. The van der Waals surface area contributed by atoms with Crippen LogP contribution < -0.4 is 5.32 Å². The summed E-state index contributed by atoms with van der Waals surface area (Å²) in [5.74, 6) is -0.844. The van der Waals surface area contributed by atoms with Crippen LogP contribution in [0, 0.1) is 5.92 Å². The van der Waals surface area contributed by atoms with Gasteiger partial charge in [-0.3, -0.25) is 9.59 Å². The predicted molar refractivity (Wildman–Crippen MR) is 80.0 cm³/mol. The van der Waals surface area contributed by atoms with E-state index in [0.717, 1.165) is 0 Å². The fraction of sp³-hybridized carbons (Fsp3) is 0.786. The van der Waals surface area contributed by atoms with E-state index >= 15 is 0 Å². The number of carboxylic acid groups (broad SMARTS) is 1. The summed E-state index contributed by atoms with van der Waals surface area (Å²) in [6.07, 6.45) is 0.602. The molecule has 0 spiro atoms. The number of nitrogens with zero attached hydrogens (tertiary/aromatic N) is 2. The summed E-state index contributed by atoms with van der Waals surface area (Å²) in [7, 11) is 1.57. The molecule has 0 aromatic heterocycles. The van der Waals surface area contributed by atoms with Crippen LogP contribution >= 0.6 is 0 Å². The van der Waals surface area contributed by atoms with Crippen molar-refractivity contribution in [2.45, 2.75) is 33.6 Å². The van der Waals surface area contributed by atoms with Crippen molar-refractivity contribution < 1.29 is 19.5 Å². The lowest BCUT2D eigenvalue weighted by atomic mass is 10.1. The molecule has 3 amide bonds. The minimum absolute atomic E-state index is 0.0387. The number of urea groups is 1. The molecule has 0 aliphatic carbocycles. The van der Waals surface area contributed by atoms with Crippen LogP contribution in [0.25, 0.3) is 0 Å². The highest BCUT2D eigenvalue weighted by atomic mass is 16.4. The van der Waals surface area contributed by atoms with Gasteiger partial charge in [-0.05, 0) is 26.2 Å². The Kier molecular flexibility index (Phi) is 9.16. The molecule has 0 rings (SSSR count). The summed E-state index contributed by atoms with van der Waals surface area (Å²) in [6, 6.07) is -0.322. The lowest BCUT2D eigenvalue weighted by Crippen LogP contribution is -2.45. The first kappa shape index (κ1) is 19.2. The zero-order valence-electron chi connectivity index (χ0n) is 13.4. The van der Waals surface area contributed by atoms with Crippen molar-refractivity contribution in [1.29, 1.82) is 0 Å². The summed E-state index contributed by atoms with van der Waals surface area (Å²) in [6.45, 7) is 7.35. The normalized spacial score (nSPS) is 11.6. The first-order valence-corrected chi connectivity index (χ1v) is 7.30. The molecule has 21 heavy (non-hydrogen) atoms. The summed E-state index contributed by atoms with van der Waals surface area (Å²) >= 11 is 0. The van der Waals surface area contributed by atoms with Gasteiger partial charge >= 0.3 is 12.0 Å². The van der Waals surface area contributed by atoms with Crippen LogP contribution in [0.4, 0.5) is 4.79 Å². The summed E-state index contributed by atoms with van der Waals surface area (Å²) < 4.78 is 0. The van der Waals surface area contributed by atoms with E-state index in [1.807, 2.05) is 20.8 Å². The van der Waals surface area contributed by atoms with Gasteiger partial charge in [0.2, 0.25) is 5.91 Å². The second-order valence-corrected chi connectivity index (χ2v) is 5.15. The number of aliphatic carboxylic acids is 1. The van der Waals surface area contributed by atoms with E-state index in [9.17, 15) is 14.4 Å². The molecular weight excluding hydrogens is 274 g/mol. The molecule has 0 bridgehead atoms. The van der Waals surface area contributed by atoms with E-state index < -0.39 is 5.97 Å². The van der Waals surface area contributed by atoms with Crippen molar-refractivity contribution in [3.63, 3.8) is 0 Å². The van der Waals surface area contributed by atoms with E-state index in [0.29, 0.717) is 26.1 Å². The molecule has 0 fully saturated rings. The molecule has 0 radical (unpaired) electrons. The third-order valence-corrected chi connectivity index (χ3v) is 3.29. The number of amides is 3. The van der Waals surface area contributed by atoms with Crippen LogP contribution in [0.5, 0.6) is 0 Å². The van der Waals surface area contributed by atoms with Crippen LogP contribution in [-0.2, 0) is 9.59 Å². The first-order valence-electron chi connectivity index (χ1n) is 7.30. The highest BCUT2D eigenvalue weighted by Gasteiger charge is 2.16. The quantitative estimate of drug-likeness (QED) is 0.665. The van der Waals surface area contributed by atoms with E-state index in [1.54, 1.807) is 11.9 Å². The van der Waals surface area contributed by atoms with Crippen molar-refractivity contribution in [3.8, 4) is 0 Å². The van der Waals surface area contributed by atoms with Gasteiger partial charge in [-0.1, -0.05) is 6.92 Å². The zero-order chi connectivity index (χ0) is 16.4. The topological polar surface area (TPSA) is 90.0 Å². The Balaban J connectivity index is 4.10. The maximum absolute atomic E-state index is 11.9. The fourth-order valence-electron chi connectivity index (χ4n) is 1.82. The maximum Gasteiger partial charge on any atom is 0.317 e. The number of nitrogens with one attached hydrogen (secondary N) is 1.